The molecule has 0 aliphatic heterocycles. The van der Waals surface area contributed by atoms with E-state index in [2.05, 4.69) is 0 Å². The number of hydrogen-bond donors (Lipinski definition) is 0. The lowest BCUT2D eigenvalue weighted by Crippen LogP contribution is -2.60. The van der Waals surface area contributed by atoms with E-state index in [4.69, 9.17) is 14.0 Å². The van der Waals surface area contributed by atoms with Crippen molar-refractivity contribution in [2.75, 3.05) is 21.3 Å². The molecule has 23 heavy (non-hydrogen) atoms. The summed E-state index contributed by atoms with van der Waals surface area (Å²) in [7, 11) is 1.80. The summed E-state index contributed by atoms with van der Waals surface area (Å²) in [5.74, 6) is 0. The summed E-state index contributed by atoms with van der Waals surface area (Å²) < 4.78 is 31.1. The zero-order valence-corrected chi connectivity index (χ0v) is 16.9. The Morgan fingerprint density at radius 2 is 1.22 bits per heavy atom. The number of benzene rings is 1. The fourth-order valence-electron chi connectivity index (χ4n) is 3.47. The minimum Gasteiger partial charge on any atom is -0.543 e. The van der Waals surface area contributed by atoms with Crippen LogP contribution in [-0.4, -0.2) is 38.4 Å². The molecule has 0 saturated heterocycles. The Kier molecular flexibility index (Phi) is 5.97. The SMILES string of the molecule is CO[B-](OC)(OC)c1ccccc1P(=O)(C(C)(C)C)C(C)(C)C. The number of hydrogen-bond acceptors (Lipinski definition) is 4. The van der Waals surface area contributed by atoms with E-state index in [1.807, 2.05) is 65.8 Å². The summed E-state index contributed by atoms with van der Waals surface area (Å²) in [6.07, 6.45) is 0. The molecule has 0 heterocycles. The van der Waals surface area contributed by atoms with Gasteiger partial charge in [-0.1, -0.05) is 65.8 Å². The molecule has 0 unspecified atom stereocenters. The van der Waals surface area contributed by atoms with Crippen molar-refractivity contribution in [3.05, 3.63) is 24.3 Å². The van der Waals surface area contributed by atoms with Crippen molar-refractivity contribution >= 4 is 24.7 Å². The van der Waals surface area contributed by atoms with Gasteiger partial charge in [0.1, 0.15) is 7.14 Å². The predicted octanol–water partition coefficient (Wildman–Crippen LogP) is 3.36. The third-order valence-electron chi connectivity index (χ3n) is 4.48. The van der Waals surface area contributed by atoms with E-state index in [-0.39, 0.29) is 0 Å². The molecule has 0 aliphatic carbocycles. The molecular weight excluding hydrogens is 310 g/mol. The van der Waals surface area contributed by atoms with Gasteiger partial charge in [0.2, 0.25) is 0 Å². The molecule has 4 nitrogen and oxygen atoms in total. The van der Waals surface area contributed by atoms with Crippen molar-refractivity contribution in [1.82, 2.24) is 0 Å². The standard InChI is InChI=1S/C17H31BO4P/c1-16(2,3)23(19,17(4,5)6)15-13-11-10-12-14(15)18(20-7,21-8)22-9/h10-13H,1-9H3/q-1. The van der Waals surface area contributed by atoms with E-state index in [9.17, 15) is 4.57 Å². The lowest BCUT2D eigenvalue weighted by molar-refractivity contribution is 0.140. The maximum atomic E-state index is 14.3. The highest BCUT2D eigenvalue weighted by molar-refractivity contribution is 7.75. The maximum absolute atomic E-state index is 14.3. The summed E-state index contributed by atoms with van der Waals surface area (Å²) in [5.41, 5.74) is 0.716. The van der Waals surface area contributed by atoms with Crippen molar-refractivity contribution in [2.24, 2.45) is 0 Å². The first kappa shape index (κ1) is 20.4. The van der Waals surface area contributed by atoms with Crippen LogP contribution in [0.5, 0.6) is 0 Å². The molecule has 0 aromatic heterocycles. The first-order valence-electron chi connectivity index (χ1n) is 7.90. The smallest absolute Gasteiger partial charge is 0.409 e. The monoisotopic (exact) mass is 341 g/mol. The van der Waals surface area contributed by atoms with Crippen LogP contribution in [0.1, 0.15) is 41.5 Å². The molecule has 0 amide bonds. The number of rotatable bonds is 5. The van der Waals surface area contributed by atoms with Gasteiger partial charge in [-0.05, 0) is 26.6 Å². The van der Waals surface area contributed by atoms with E-state index in [0.29, 0.717) is 5.46 Å². The second-order valence-electron chi connectivity index (χ2n) is 7.86. The molecular formula is C17H31BO4P-. The molecule has 6 heteroatoms. The van der Waals surface area contributed by atoms with Crippen LogP contribution in [0.4, 0.5) is 0 Å². The highest BCUT2D eigenvalue weighted by atomic mass is 31.2. The van der Waals surface area contributed by atoms with Crippen LogP contribution in [0.2, 0.25) is 0 Å². The van der Waals surface area contributed by atoms with Crippen LogP contribution in [0.25, 0.3) is 0 Å². The molecule has 0 spiro atoms. The normalized spacial score (nSPS) is 14.1. The third-order valence-corrected chi connectivity index (χ3v) is 9.34. The van der Waals surface area contributed by atoms with Crippen molar-refractivity contribution in [3.8, 4) is 0 Å². The lowest BCUT2D eigenvalue weighted by atomic mass is 9.69. The predicted molar refractivity (Wildman–Crippen MR) is 99.6 cm³/mol. The first-order valence-corrected chi connectivity index (χ1v) is 9.61. The molecule has 0 N–H and O–H groups in total. The minimum atomic E-state index is -2.84. The first-order chi connectivity index (χ1) is 10.4. The lowest BCUT2D eigenvalue weighted by Gasteiger charge is -2.46. The second kappa shape index (κ2) is 6.72. The van der Waals surface area contributed by atoms with Gasteiger partial charge in [-0.25, -0.2) is 0 Å². The van der Waals surface area contributed by atoms with Crippen LogP contribution in [0, 0.1) is 0 Å². The Balaban J connectivity index is 3.83. The molecule has 1 aromatic carbocycles. The summed E-state index contributed by atoms with van der Waals surface area (Å²) in [6, 6.07) is 7.60. The van der Waals surface area contributed by atoms with Gasteiger partial charge in [0, 0.05) is 10.3 Å². The zero-order valence-electron chi connectivity index (χ0n) is 16.0. The minimum absolute atomic E-state index is 0.404. The van der Waals surface area contributed by atoms with Crippen LogP contribution in [0.15, 0.2) is 24.3 Å². The molecule has 0 saturated carbocycles. The van der Waals surface area contributed by atoms with Crippen LogP contribution >= 0.6 is 7.14 Å². The van der Waals surface area contributed by atoms with Crippen molar-refractivity contribution in [3.63, 3.8) is 0 Å². The third kappa shape index (κ3) is 3.30. The highest BCUT2D eigenvalue weighted by Crippen LogP contribution is 2.65. The fraction of sp³-hybridized carbons (Fsp3) is 0.647. The van der Waals surface area contributed by atoms with E-state index < -0.39 is 24.2 Å². The van der Waals surface area contributed by atoms with E-state index in [1.165, 1.54) is 0 Å². The second-order valence-corrected chi connectivity index (χ2v) is 12.2. The van der Waals surface area contributed by atoms with E-state index in [1.54, 1.807) is 21.3 Å². The topological polar surface area (TPSA) is 44.8 Å². The van der Waals surface area contributed by atoms with E-state index >= 15 is 0 Å². The molecule has 0 fully saturated rings. The molecule has 1 rings (SSSR count). The Bertz CT molecular complexity index is 557. The molecule has 0 aliphatic rings. The fourth-order valence-corrected chi connectivity index (χ4v) is 7.82. The molecule has 0 radical (unpaired) electrons. The van der Waals surface area contributed by atoms with Crippen LogP contribution in [-0.2, 0) is 18.5 Å². The largest absolute Gasteiger partial charge is 0.543 e. The van der Waals surface area contributed by atoms with E-state index in [0.717, 1.165) is 5.30 Å². The van der Waals surface area contributed by atoms with Gasteiger partial charge in [-0.15, -0.1) is 5.46 Å². The average molecular weight is 341 g/mol. The molecule has 0 bridgehead atoms. The summed E-state index contributed by atoms with van der Waals surface area (Å²) >= 11 is 0. The Morgan fingerprint density at radius 1 is 0.826 bits per heavy atom. The Hall–Kier alpha value is -0.605. The summed E-state index contributed by atoms with van der Waals surface area (Å²) in [4.78, 5) is 0. The Labute approximate surface area is 141 Å². The van der Waals surface area contributed by atoms with Gasteiger partial charge in [-0.2, -0.15) is 0 Å². The van der Waals surface area contributed by atoms with Gasteiger partial charge in [-0.3, -0.25) is 0 Å². The van der Waals surface area contributed by atoms with Gasteiger partial charge in [0.15, 0.2) is 0 Å². The Morgan fingerprint density at radius 3 is 1.57 bits per heavy atom. The van der Waals surface area contributed by atoms with Crippen LogP contribution < -0.4 is 10.8 Å². The quantitative estimate of drug-likeness (QED) is 0.609. The maximum Gasteiger partial charge on any atom is 0.409 e. The van der Waals surface area contributed by atoms with Crippen molar-refractivity contribution in [1.29, 1.82) is 0 Å². The van der Waals surface area contributed by atoms with Crippen molar-refractivity contribution in [2.45, 2.75) is 51.9 Å². The van der Waals surface area contributed by atoms with Gasteiger partial charge in [0.05, 0.1) is 0 Å². The van der Waals surface area contributed by atoms with Gasteiger partial charge < -0.3 is 18.5 Å². The molecule has 1 aromatic rings. The average Bonchev–Trinajstić information content (AvgIpc) is 2.47. The summed E-state index contributed by atoms with van der Waals surface area (Å²) in [6.45, 7) is 10.0. The van der Waals surface area contributed by atoms with Gasteiger partial charge in [0.25, 0.3) is 0 Å². The highest BCUT2D eigenvalue weighted by Gasteiger charge is 2.49. The van der Waals surface area contributed by atoms with Crippen LogP contribution in [0.3, 0.4) is 0 Å². The zero-order chi connectivity index (χ0) is 18.1. The summed E-state index contributed by atoms with van der Waals surface area (Å²) in [5, 5.41) is -0.0397. The van der Waals surface area contributed by atoms with Gasteiger partial charge >= 0.3 is 6.75 Å². The van der Waals surface area contributed by atoms with Crippen molar-refractivity contribution < 1.29 is 18.5 Å². The molecule has 0 atom stereocenters. The molecule has 132 valence electrons.